The normalized spacial score (nSPS) is 10.2. The SMILES string of the molecule is CCCCCN(C)C(=O)c1cc(OC)c(OC)cc1N. The van der Waals surface area contributed by atoms with Crippen molar-refractivity contribution >= 4 is 11.6 Å². The third kappa shape index (κ3) is 3.79. The number of hydrogen-bond acceptors (Lipinski definition) is 4. The van der Waals surface area contributed by atoms with Crippen LogP contribution in [0.4, 0.5) is 5.69 Å². The van der Waals surface area contributed by atoms with Crippen molar-refractivity contribution in [2.45, 2.75) is 26.2 Å². The third-order valence-electron chi connectivity index (χ3n) is 3.23. The van der Waals surface area contributed by atoms with Gasteiger partial charge < -0.3 is 20.1 Å². The number of hydrogen-bond donors (Lipinski definition) is 1. The van der Waals surface area contributed by atoms with Gasteiger partial charge in [0.2, 0.25) is 0 Å². The van der Waals surface area contributed by atoms with Crippen molar-refractivity contribution in [3.63, 3.8) is 0 Å². The fourth-order valence-corrected chi connectivity index (χ4v) is 1.99. The zero-order valence-electron chi connectivity index (χ0n) is 12.7. The van der Waals surface area contributed by atoms with Crippen LogP contribution < -0.4 is 15.2 Å². The second-order valence-corrected chi connectivity index (χ2v) is 4.73. The molecule has 1 rings (SSSR count). The minimum absolute atomic E-state index is 0.0976. The molecule has 1 amide bonds. The summed E-state index contributed by atoms with van der Waals surface area (Å²) >= 11 is 0. The molecule has 0 saturated carbocycles. The van der Waals surface area contributed by atoms with Crippen LogP contribution in [0, 0.1) is 0 Å². The molecule has 0 radical (unpaired) electrons. The van der Waals surface area contributed by atoms with E-state index in [1.165, 1.54) is 14.2 Å². The van der Waals surface area contributed by atoms with Crippen molar-refractivity contribution in [2.24, 2.45) is 0 Å². The maximum Gasteiger partial charge on any atom is 0.255 e. The Hall–Kier alpha value is -1.91. The largest absolute Gasteiger partial charge is 0.493 e. The minimum atomic E-state index is -0.0976. The summed E-state index contributed by atoms with van der Waals surface area (Å²) in [6.07, 6.45) is 3.23. The lowest BCUT2D eigenvalue weighted by Gasteiger charge is -2.19. The Morgan fingerprint density at radius 2 is 1.80 bits per heavy atom. The number of carbonyl (C=O) groups excluding carboxylic acids is 1. The Bertz CT molecular complexity index is 461. The zero-order valence-corrected chi connectivity index (χ0v) is 12.7. The van der Waals surface area contributed by atoms with Gasteiger partial charge in [-0.25, -0.2) is 0 Å². The van der Waals surface area contributed by atoms with Crippen LogP contribution in [0.5, 0.6) is 11.5 Å². The lowest BCUT2D eigenvalue weighted by atomic mass is 10.1. The molecule has 0 aliphatic rings. The van der Waals surface area contributed by atoms with Gasteiger partial charge in [0.05, 0.1) is 19.8 Å². The van der Waals surface area contributed by atoms with E-state index in [9.17, 15) is 4.79 Å². The Morgan fingerprint density at radius 1 is 1.20 bits per heavy atom. The molecule has 0 aromatic heterocycles. The van der Waals surface area contributed by atoms with Crippen LogP contribution >= 0.6 is 0 Å². The van der Waals surface area contributed by atoms with Gasteiger partial charge in [-0.15, -0.1) is 0 Å². The highest BCUT2D eigenvalue weighted by Gasteiger charge is 2.18. The van der Waals surface area contributed by atoms with E-state index >= 15 is 0 Å². The molecular formula is C15H24N2O3. The van der Waals surface area contributed by atoms with Crippen molar-refractivity contribution in [3.05, 3.63) is 17.7 Å². The lowest BCUT2D eigenvalue weighted by molar-refractivity contribution is 0.0793. The molecule has 0 bridgehead atoms. The van der Waals surface area contributed by atoms with Gasteiger partial charge in [-0.2, -0.15) is 0 Å². The lowest BCUT2D eigenvalue weighted by Crippen LogP contribution is -2.28. The van der Waals surface area contributed by atoms with Gasteiger partial charge >= 0.3 is 0 Å². The molecule has 0 atom stereocenters. The van der Waals surface area contributed by atoms with Crippen molar-refractivity contribution in [2.75, 3.05) is 33.5 Å². The van der Waals surface area contributed by atoms with Gasteiger partial charge in [0.1, 0.15) is 0 Å². The Morgan fingerprint density at radius 3 is 2.35 bits per heavy atom. The van der Waals surface area contributed by atoms with E-state index in [1.807, 2.05) is 0 Å². The summed E-state index contributed by atoms with van der Waals surface area (Å²) in [7, 11) is 4.86. The monoisotopic (exact) mass is 280 g/mol. The molecule has 1 aromatic rings. The van der Waals surface area contributed by atoms with Gasteiger partial charge in [-0.05, 0) is 12.5 Å². The van der Waals surface area contributed by atoms with E-state index in [4.69, 9.17) is 15.2 Å². The molecule has 20 heavy (non-hydrogen) atoms. The van der Waals surface area contributed by atoms with E-state index < -0.39 is 0 Å². The Labute approximate surface area is 120 Å². The highest BCUT2D eigenvalue weighted by Crippen LogP contribution is 2.32. The van der Waals surface area contributed by atoms with Crippen molar-refractivity contribution in [1.29, 1.82) is 0 Å². The molecule has 0 aliphatic carbocycles. The second-order valence-electron chi connectivity index (χ2n) is 4.73. The zero-order chi connectivity index (χ0) is 15.1. The third-order valence-corrected chi connectivity index (χ3v) is 3.23. The first-order chi connectivity index (χ1) is 9.54. The number of carbonyl (C=O) groups is 1. The van der Waals surface area contributed by atoms with Crippen molar-refractivity contribution in [3.8, 4) is 11.5 Å². The predicted octanol–water partition coefficient (Wildman–Crippen LogP) is 2.55. The minimum Gasteiger partial charge on any atom is -0.493 e. The maximum absolute atomic E-state index is 12.4. The molecule has 0 fully saturated rings. The van der Waals surface area contributed by atoms with Crippen LogP contribution in [0.3, 0.4) is 0 Å². The number of ether oxygens (including phenoxy) is 2. The van der Waals surface area contributed by atoms with Crippen molar-refractivity contribution < 1.29 is 14.3 Å². The molecule has 112 valence electrons. The molecule has 0 heterocycles. The number of unbranched alkanes of at least 4 members (excludes halogenated alkanes) is 2. The van der Waals surface area contributed by atoms with E-state index in [2.05, 4.69) is 6.92 Å². The van der Waals surface area contributed by atoms with Crippen LogP contribution in [0.25, 0.3) is 0 Å². The average molecular weight is 280 g/mol. The van der Waals surface area contributed by atoms with E-state index in [1.54, 1.807) is 24.1 Å². The smallest absolute Gasteiger partial charge is 0.255 e. The molecule has 1 aromatic carbocycles. The summed E-state index contributed by atoms with van der Waals surface area (Å²) in [5, 5.41) is 0. The number of nitrogens with zero attached hydrogens (tertiary/aromatic N) is 1. The topological polar surface area (TPSA) is 64.8 Å². The van der Waals surface area contributed by atoms with Crippen molar-refractivity contribution in [1.82, 2.24) is 4.90 Å². The predicted molar refractivity (Wildman–Crippen MR) is 80.4 cm³/mol. The first kappa shape index (κ1) is 16.1. The van der Waals surface area contributed by atoms with Crippen LogP contribution in [-0.4, -0.2) is 38.6 Å². The average Bonchev–Trinajstić information content (AvgIpc) is 2.46. The summed E-state index contributed by atoms with van der Waals surface area (Å²) < 4.78 is 10.4. The number of nitrogens with two attached hydrogens (primary N) is 1. The molecular weight excluding hydrogens is 256 g/mol. The first-order valence-electron chi connectivity index (χ1n) is 6.82. The highest BCUT2D eigenvalue weighted by molar-refractivity contribution is 5.99. The van der Waals surface area contributed by atoms with E-state index in [-0.39, 0.29) is 5.91 Å². The summed E-state index contributed by atoms with van der Waals surface area (Å²) in [4.78, 5) is 14.1. The Kier molecular flexibility index (Phi) is 6.15. The fraction of sp³-hybridized carbons (Fsp3) is 0.533. The highest BCUT2D eigenvalue weighted by atomic mass is 16.5. The van der Waals surface area contributed by atoms with Crippen LogP contribution in [-0.2, 0) is 0 Å². The summed E-state index contributed by atoms with van der Waals surface area (Å²) in [6.45, 7) is 2.86. The van der Waals surface area contributed by atoms with Crippen LogP contribution in [0.15, 0.2) is 12.1 Å². The maximum atomic E-state index is 12.4. The number of rotatable bonds is 7. The van der Waals surface area contributed by atoms with Crippen LogP contribution in [0.2, 0.25) is 0 Å². The van der Waals surface area contributed by atoms with Gasteiger partial charge in [-0.1, -0.05) is 19.8 Å². The summed E-state index contributed by atoms with van der Waals surface area (Å²) in [5.41, 5.74) is 6.78. The molecule has 0 saturated heterocycles. The van der Waals surface area contributed by atoms with Gasteiger partial charge in [0, 0.05) is 25.3 Å². The Balaban J connectivity index is 2.92. The molecule has 0 aliphatic heterocycles. The molecule has 0 spiro atoms. The number of amides is 1. The standard InChI is InChI=1S/C15H24N2O3/c1-5-6-7-8-17(2)15(18)11-9-13(19-3)14(20-4)10-12(11)16/h9-10H,5-8,16H2,1-4H3. The van der Waals surface area contributed by atoms with Gasteiger partial charge in [0.25, 0.3) is 5.91 Å². The van der Waals surface area contributed by atoms with Gasteiger partial charge in [-0.3, -0.25) is 4.79 Å². The second kappa shape index (κ2) is 7.62. The number of benzene rings is 1. The van der Waals surface area contributed by atoms with E-state index in [0.717, 1.165) is 25.8 Å². The van der Waals surface area contributed by atoms with Gasteiger partial charge in [0.15, 0.2) is 11.5 Å². The molecule has 2 N–H and O–H groups in total. The van der Waals surface area contributed by atoms with E-state index in [0.29, 0.717) is 22.7 Å². The fourth-order valence-electron chi connectivity index (χ4n) is 1.99. The quantitative estimate of drug-likeness (QED) is 0.616. The number of methoxy groups -OCH3 is 2. The molecule has 5 nitrogen and oxygen atoms in total. The number of anilines is 1. The van der Waals surface area contributed by atoms with Crippen LogP contribution in [0.1, 0.15) is 36.5 Å². The first-order valence-corrected chi connectivity index (χ1v) is 6.82. The molecule has 5 heteroatoms. The summed E-state index contributed by atoms with van der Waals surface area (Å²) in [5.74, 6) is 0.932. The number of nitrogen functional groups attached to an aromatic ring is 1. The molecule has 0 unspecified atom stereocenters. The summed E-state index contributed by atoms with van der Waals surface area (Å²) in [6, 6.07) is 3.25.